The minimum atomic E-state index is -0.939. The van der Waals surface area contributed by atoms with Gasteiger partial charge in [0.1, 0.15) is 18.0 Å². The van der Waals surface area contributed by atoms with Crippen LogP contribution >= 0.6 is 0 Å². The lowest BCUT2D eigenvalue weighted by molar-refractivity contribution is 0.0697. The number of carboxylic acid groups (broad SMARTS) is 1. The molecule has 4 nitrogen and oxygen atoms in total. The number of hydrogen-bond acceptors (Lipinski definition) is 3. The Morgan fingerprint density at radius 1 is 1.47 bits per heavy atom. The molecule has 0 aliphatic rings. The molecule has 0 amide bonds. The van der Waals surface area contributed by atoms with Crippen LogP contribution in [-0.2, 0) is 11.3 Å². The molecule has 0 saturated heterocycles. The standard InChI is InChI=1S/C11H10O4/c1-14-6-9-5-8-4-7(11(12)13)2-3-10(8)15-9/h2-5H,6H2,1H3,(H,12,13). The van der Waals surface area contributed by atoms with E-state index in [0.717, 1.165) is 5.39 Å². The van der Waals surface area contributed by atoms with Crippen LogP contribution in [0.15, 0.2) is 28.7 Å². The van der Waals surface area contributed by atoms with E-state index in [4.69, 9.17) is 14.3 Å². The Kier molecular flexibility index (Phi) is 2.43. The van der Waals surface area contributed by atoms with Gasteiger partial charge in [-0.15, -0.1) is 0 Å². The van der Waals surface area contributed by atoms with E-state index in [1.54, 1.807) is 25.3 Å². The van der Waals surface area contributed by atoms with Gasteiger partial charge in [-0.2, -0.15) is 0 Å². The van der Waals surface area contributed by atoms with Crippen LogP contribution in [-0.4, -0.2) is 18.2 Å². The van der Waals surface area contributed by atoms with Crippen LogP contribution in [0.5, 0.6) is 0 Å². The van der Waals surface area contributed by atoms with Crippen LogP contribution in [0, 0.1) is 0 Å². The molecule has 1 aromatic heterocycles. The van der Waals surface area contributed by atoms with E-state index in [1.165, 1.54) is 6.07 Å². The first kappa shape index (κ1) is 9.73. The molecule has 2 rings (SSSR count). The molecular weight excluding hydrogens is 196 g/mol. The minimum Gasteiger partial charge on any atom is -0.478 e. The smallest absolute Gasteiger partial charge is 0.335 e. The molecule has 0 aliphatic carbocycles. The molecule has 0 fully saturated rings. The fourth-order valence-electron chi connectivity index (χ4n) is 1.44. The Balaban J connectivity index is 2.47. The van der Waals surface area contributed by atoms with Crippen molar-refractivity contribution in [3.8, 4) is 0 Å². The zero-order valence-electron chi connectivity index (χ0n) is 8.19. The maximum atomic E-state index is 10.7. The van der Waals surface area contributed by atoms with Gasteiger partial charge in [0.15, 0.2) is 0 Å². The van der Waals surface area contributed by atoms with E-state index in [1.807, 2.05) is 0 Å². The lowest BCUT2D eigenvalue weighted by atomic mass is 10.1. The summed E-state index contributed by atoms with van der Waals surface area (Å²) in [6.45, 7) is 0.386. The van der Waals surface area contributed by atoms with Crippen molar-refractivity contribution in [2.75, 3.05) is 7.11 Å². The highest BCUT2D eigenvalue weighted by molar-refractivity contribution is 5.93. The van der Waals surface area contributed by atoms with Crippen molar-refractivity contribution in [1.82, 2.24) is 0 Å². The predicted octanol–water partition coefficient (Wildman–Crippen LogP) is 2.28. The molecule has 0 atom stereocenters. The molecule has 1 N–H and O–H groups in total. The topological polar surface area (TPSA) is 59.7 Å². The van der Waals surface area contributed by atoms with Crippen molar-refractivity contribution >= 4 is 16.9 Å². The Morgan fingerprint density at radius 3 is 2.93 bits per heavy atom. The first-order chi connectivity index (χ1) is 7.20. The van der Waals surface area contributed by atoms with Crippen LogP contribution < -0.4 is 0 Å². The molecule has 2 aromatic rings. The number of furan rings is 1. The van der Waals surface area contributed by atoms with E-state index < -0.39 is 5.97 Å². The van der Waals surface area contributed by atoms with E-state index >= 15 is 0 Å². The van der Waals surface area contributed by atoms with Gasteiger partial charge in [0.2, 0.25) is 0 Å². The number of ether oxygens (including phenoxy) is 1. The van der Waals surface area contributed by atoms with Gasteiger partial charge in [-0.3, -0.25) is 0 Å². The van der Waals surface area contributed by atoms with Gasteiger partial charge < -0.3 is 14.3 Å². The van der Waals surface area contributed by atoms with E-state index in [2.05, 4.69) is 0 Å². The Bertz CT molecular complexity index is 498. The van der Waals surface area contributed by atoms with Crippen LogP contribution in [0.2, 0.25) is 0 Å². The predicted molar refractivity (Wildman–Crippen MR) is 53.9 cm³/mol. The van der Waals surface area contributed by atoms with E-state index in [0.29, 0.717) is 18.0 Å². The molecule has 15 heavy (non-hydrogen) atoms. The SMILES string of the molecule is COCc1cc2cc(C(=O)O)ccc2o1. The number of rotatable bonds is 3. The molecule has 1 aromatic carbocycles. The maximum Gasteiger partial charge on any atom is 0.335 e. The van der Waals surface area contributed by atoms with Gasteiger partial charge in [0.05, 0.1) is 5.56 Å². The number of aromatic carboxylic acids is 1. The Hall–Kier alpha value is -1.81. The third kappa shape index (κ3) is 1.85. The maximum absolute atomic E-state index is 10.7. The van der Waals surface area contributed by atoms with Crippen molar-refractivity contribution in [3.05, 3.63) is 35.6 Å². The van der Waals surface area contributed by atoms with Gasteiger partial charge in [0.25, 0.3) is 0 Å². The van der Waals surface area contributed by atoms with Gasteiger partial charge in [-0.05, 0) is 24.3 Å². The number of hydrogen-bond donors (Lipinski definition) is 1. The average molecular weight is 206 g/mol. The normalized spacial score (nSPS) is 10.7. The molecule has 78 valence electrons. The third-order valence-corrected chi connectivity index (χ3v) is 2.10. The highest BCUT2D eigenvalue weighted by Crippen LogP contribution is 2.21. The molecule has 0 bridgehead atoms. The zero-order valence-corrected chi connectivity index (χ0v) is 8.19. The van der Waals surface area contributed by atoms with Crippen molar-refractivity contribution in [1.29, 1.82) is 0 Å². The third-order valence-electron chi connectivity index (χ3n) is 2.10. The number of methoxy groups -OCH3 is 1. The van der Waals surface area contributed by atoms with Crippen molar-refractivity contribution in [3.63, 3.8) is 0 Å². The van der Waals surface area contributed by atoms with Crippen LogP contribution in [0.25, 0.3) is 11.0 Å². The number of carbonyl (C=O) groups is 1. The molecular formula is C11H10O4. The molecule has 1 heterocycles. The lowest BCUT2D eigenvalue weighted by Gasteiger charge is -1.92. The highest BCUT2D eigenvalue weighted by atomic mass is 16.5. The number of carboxylic acids is 1. The summed E-state index contributed by atoms with van der Waals surface area (Å²) in [6.07, 6.45) is 0. The quantitative estimate of drug-likeness (QED) is 0.836. The zero-order chi connectivity index (χ0) is 10.8. The number of benzene rings is 1. The van der Waals surface area contributed by atoms with E-state index in [-0.39, 0.29) is 5.56 Å². The molecule has 0 aliphatic heterocycles. The highest BCUT2D eigenvalue weighted by Gasteiger charge is 2.07. The first-order valence-electron chi connectivity index (χ1n) is 4.45. The second-order valence-corrected chi connectivity index (χ2v) is 3.20. The van der Waals surface area contributed by atoms with Gasteiger partial charge in [-0.25, -0.2) is 4.79 Å². The fourth-order valence-corrected chi connectivity index (χ4v) is 1.44. The van der Waals surface area contributed by atoms with Crippen LogP contribution in [0.3, 0.4) is 0 Å². The minimum absolute atomic E-state index is 0.257. The van der Waals surface area contributed by atoms with Gasteiger partial charge >= 0.3 is 5.97 Å². The summed E-state index contributed by atoms with van der Waals surface area (Å²) in [7, 11) is 1.58. The lowest BCUT2D eigenvalue weighted by Crippen LogP contribution is -1.94. The first-order valence-corrected chi connectivity index (χ1v) is 4.45. The molecule has 4 heteroatoms. The second-order valence-electron chi connectivity index (χ2n) is 3.20. The van der Waals surface area contributed by atoms with Crippen molar-refractivity contribution in [2.24, 2.45) is 0 Å². The van der Waals surface area contributed by atoms with Crippen molar-refractivity contribution in [2.45, 2.75) is 6.61 Å². The summed E-state index contributed by atoms with van der Waals surface area (Å²) in [6, 6.07) is 6.54. The number of fused-ring (bicyclic) bond motifs is 1. The summed E-state index contributed by atoms with van der Waals surface area (Å²) < 4.78 is 10.4. The van der Waals surface area contributed by atoms with Crippen molar-refractivity contribution < 1.29 is 19.1 Å². The fraction of sp³-hybridized carbons (Fsp3) is 0.182. The molecule has 0 saturated carbocycles. The van der Waals surface area contributed by atoms with Gasteiger partial charge in [0, 0.05) is 12.5 Å². The summed E-state index contributed by atoms with van der Waals surface area (Å²) >= 11 is 0. The largest absolute Gasteiger partial charge is 0.478 e. The monoisotopic (exact) mass is 206 g/mol. The summed E-state index contributed by atoms with van der Waals surface area (Å²) in [5.41, 5.74) is 0.930. The Morgan fingerprint density at radius 2 is 2.27 bits per heavy atom. The molecule has 0 unspecified atom stereocenters. The summed E-state index contributed by atoms with van der Waals surface area (Å²) in [4.78, 5) is 10.7. The average Bonchev–Trinajstić information content (AvgIpc) is 2.59. The molecule has 0 radical (unpaired) electrons. The summed E-state index contributed by atoms with van der Waals surface area (Å²) in [5, 5.41) is 9.58. The Labute approximate surface area is 86.1 Å². The second kappa shape index (κ2) is 3.74. The summed E-state index contributed by atoms with van der Waals surface area (Å²) in [5.74, 6) is -0.249. The van der Waals surface area contributed by atoms with Gasteiger partial charge in [-0.1, -0.05) is 0 Å². The van der Waals surface area contributed by atoms with E-state index in [9.17, 15) is 4.79 Å². The molecule has 0 spiro atoms. The van der Waals surface area contributed by atoms with Crippen LogP contribution in [0.4, 0.5) is 0 Å². The van der Waals surface area contributed by atoms with Crippen LogP contribution in [0.1, 0.15) is 16.1 Å².